The van der Waals surface area contributed by atoms with Crippen molar-refractivity contribution in [2.75, 3.05) is 17.9 Å². The Balaban J connectivity index is 1.45. The number of halogens is 1. The topological polar surface area (TPSA) is 84.5 Å². The number of carbonyl (C=O) groups excluding carboxylic acids is 1. The van der Waals surface area contributed by atoms with Crippen LogP contribution in [0.25, 0.3) is 0 Å². The third-order valence-electron chi connectivity index (χ3n) is 5.97. The zero-order chi connectivity index (χ0) is 21.2. The molecule has 4 rings (SSSR count). The second-order valence-electron chi connectivity index (χ2n) is 7.92. The molecule has 30 heavy (non-hydrogen) atoms. The fourth-order valence-corrected chi connectivity index (χ4v) is 5.23. The molecule has 1 aliphatic carbocycles. The van der Waals surface area contributed by atoms with Gasteiger partial charge in [0.1, 0.15) is 0 Å². The zero-order valence-corrected chi connectivity index (χ0v) is 18.1. The largest absolute Gasteiger partial charge is 0.376 e. The lowest BCUT2D eigenvalue weighted by molar-refractivity contribution is -0.130. The summed E-state index contributed by atoms with van der Waals surface area (Å²) in [6, 6.07) is 13.1. The van der Waals surface area contributed by atoms with Crippen LogP contribution in [0.1, 0.15) is 37.7 Å². The molecule has 1 saturated carbocycles. The quantitative estimate of drug-likeness (QED) is 0.673. The van der Waals surface area contributed by atoms with E-state index in [4.69, 9.17) is 16.3 Å². The molecule has 0 aromatic heterocycles. The lowest BCUT2D eigenvalue weighted by Gasteiger charge is -2.41. The Morgan fingerprint density at radius 1 is 1.07 bits per heavy atom. The van der Waals surface area contributed by atoms with Gasteiger partial charge in [0.25, 0.3) is 10.0 Å². The van der Waals surface area contributed by atoms with Crippen LogP contribution >= 0.6 is 11.6 Å². The standard InChI is InChI=1S/C22H25ClN2O4S/c23-17-6-10-20(11-7-17)30(27,28)25-18-8-4-16(5-9-18)22(12-2-13-22)21(26)24-15-19-3-1-14-29-19/h4-11,19,25H,1-3,12-15H2,(H,24,26). The molecule has 1 heterocycles. The molecule has 1 aliphatic heterocycles. The highest BCUT2D eigenvalue weighted by Crippen LogP contribution is 2.44. The van der Waals surface area contributed by atoms with Crippen LogP contribution in [0.15, 0.2) is 53.4 Å². The average Bonchev–Trinajstić information content (AvgIpc) is 3.20. The number of rotatable bonds is 7. The number of sulfonamides is 1. The summed E-state index contributed by atoms with van der Waals surface area (Å²) in [4.78, 5) is 13.1. The molecular formula is C22H25ClN2O4S. The molecule has 6 nitrogen and oxygen atoms in total. The van der Waals surface area contributed by atoms with E-state index >= 15 is 0 Å². The van der Waals surface area contributed by atoms with E-state index in [2.05, 4.69) is 10.0 Å². The summed E-state index contributed by atoms with van der Waals surface area (Å²) in [7, 11) is -3.71. The molecule has 1 amide bonds. The van der Waals surface area contributed by atoms with E-state index in [1.165, 1.54) is 24.3 Å². The number of hydrogen-bond acceptors (Lipinski definition) is 4. The number of carbonyl (C=O) groups is 1. The van der Waals surface area contributed by atoms with Crippen LogP contribution in [0.2, 0.25) is 5.02 Å². The van der Waals surface area contributed by atoms with E-state index in [1.807, 2.05) is 12.1 Å². The van der Waals surface area contributed by atoms with Gasteiger partial charge in [-0.25, -0.2) is 8.42 Å². The van der Waals surface area contributed by atoms with Gasteiger partial charge >= 0.3 is 0 Å². The van der Waals surface area contributed by atoms with Gasteiger partial charge in [-0.1, -0.05) is 30.2 Å². The SMILES string of the molecule is O=C(NCC1CCCO1)C1(c2ccc(NS(=O)(=O)c3ccc(Cl)cc3)cc2)CCC1. The Labute approximate surface area is 182 Å². The zero-order valence-electron chi connectivity index (χ0n) is 16.6. The molecule has 1 saturated heterocycles. The predicted molar refractivity (Wildman–Crippen MR) is 116 cm³/mol. The van der Waals surface area contributed by atoms with Crippen LogP contribution in [0.3, 0.4) is 0 Å². The summed E-state index contributed by atoms with van der Waals surface area (Å²) in [6.07, 6.45) is 4.71. The molecular weight excluding hydrogens is 424 g/mol. The first kappa shape index (κ1) is 21.2. The summed E-state index contributed by atoms with van der Waals surface area (Å²) in [5, 5.41) is 3.53. The molecule has 0 radical (unpaired) electrons. The van der Waals surface area contributed by atoms with Crippen molar-refractivity contribution in [2.45, 2.75) is 48.5 Å². The Morgan fingerprint density at radius 3 is 2.33 bits per heavy atom. The second kappa shape index (κ2) is 8.57. The van der Waals surface area contributed by atoms with Gasteiger partial charge in [0, 0.05) is 23.9 Å². The van der Waals surface area contributed by atoms with E-state index in [1.54, 1.807) is 12.1 Å². The highest BCUT2D eigenvalue weighted by atomic mass is 35.5. The molecule has 1 unspecified atom stereocenters. The van der Waals surface area contributed by atoms with E-state index < -0.39 is 15.4 Å². The van der Waals surface area contributed by atoms with Gasteiger partial charge in [-0.3, -0.25) is 9.52 Å². The van der Waals surface area contributed by atoms with Crippen LogP contribution in [-0.4, -0.2) is 33.6 Å². The minimum absolute atomic E-state index is 0.0266. The van der Waals surface area contributed by atoms with Crippen LogP contribution < -0.4 is 10.0 Å². The first-order valence-electron chi connectivity index (χ1n) is 10.2. The number of ether oxygens (including phenoxy) is 1. The molecule has 160 valence electrons. The first-order valence-corrected chi connectivity index (χ1v) is 12.0. The van der Waals surface area contributed by atoms with Crippen molar-refractivity contribution in [1.29, 1.82) is 0 Å². The predicted octanol–water partition coefficient (Wildman–Crippen LogP) is 3.86. The molecule has 2 aromatic carbocycles. The van der Waals surface area contributed by atoms with Gasteiger partial charge in [-0.15, -0.1) is 0 Å². The van der Waals surface area contributed by atoms with E-state index in [-0.39, 0.29) is 16.9 Å². The summed E-state index contributed by atoms with van der Waals surface area (Å²) >= 11 is 5.83. The number of hydrogen-bond donors (Lipinski definition) is 2. The number of benzene rings is 2. The summed E-state index contributed by atoms with van der Waals surface area (Å²) < 4.78 is 33.3. The van der Waals surface area contributed by atoms with Crippen molar-refractivity contribution in [3.8, 4) is 0 Å². The van der Waals surface area contributed by atoms with Gasteiger partial charge in [0.15, 0.2) is 0 Å². The Morgan fingerprint density at radius 2 is 1.77 bits per heavy atom. The van der Waals surface area contributed by atoms with Gasteiger partial charge in [0.2, 0.25) is 5.91 Å². The third-order valence-corrected chi connectivity index (χ3v) is 7.62. The van der Waals surface area contributed by atoms with Crippen molar-refractivity contribution in [1.82, 2.24) is 5.32 Å². The molecule has 0 spiro atoms. The fraction of sp³-hybridized carbons (Fsp3) is 0.409. The van der Waals surface area contributed by atoms with Crippen molar-refractivity contribution in [3.05, 3.63) is 59.1 Å². The van der Waals surface area contributed by atoms with E-state index in [0.717, 1.165) is 44.3 Å². The van der Waals surface area contributed by atoms with Gasteiger partial charge in [0.05, 0.1) is 16.4 Å². The van der Waals surface area contributed by atoms with E-state index in [0.29, 0.717) is 17.3 Å². The second-order valence-corrected chi connectivity index (χ2v) is 10.0. The van der Waals surface area contributed by atoms with Gasteiger partial charge in [-0.2, -0.15) is 0 Å². The Bertz CT molecular complexity index is 996. The smallest absolute Gasteiger partial charge is 0.261 e. The fourth-order valence-electron chi connectivity index (χ4n) is 4.04. The van der Waals surface area contributed by atoms with Crippen LogP contribution in [-0.2, 0) is 25.0 Å². The van der Waals surface area contributed by atoms with Crippen LogP contribution in [0, 0.1) is 0 Å². The summed E-state index contributed by atoms with van der Waals surface area (Å²) in [5.41, 5.74) is 0.822. The Hall–Kier alpha value is -2.09. The maximum atomic E-state index is 12.9. The van der Waals surface area contributed by atoms with Crippen LogP contribution in [0.4, 0.5) is 5.69 Å². The van der Waals surface area contributed by atoms with Crippen molar-refractivity contribution < 1.29 is 17.9 Å². The maximum absolute atomic E-state index is 12.9. The molecule has 2 aliphatic rings. The molecule has 2 fully saturated rings. The number of nitrogens with one attached hydrogen (secondary N) is 2. The molecule has 2 N–H and O–H groups in total. The first-order chi connectivity index (χ1) is 14.4. The summed E-state index contributed by atoms with van der Waals surface area (Å²) in [6.45, 7) is 1.30. The van der Waals surface area contributed by atoms with Gasteiger partial charge in [-0.05, 0) is 67.6 Å². The monoisotopic (exact) mass is 448 g/mol. The highest BCUT2D eigenvalue weighted by molar-refractivity contribution is 7.92. The Kier molecular flexibility index (Phi) is 6.04. The average molecular weight is 449 g/mol. The number of amides is 1. The maximum Gasteiger partial charge on any atom is 0.261 e. The molecule has 0 bridgehead atoms. The lowest BCUT2D eigenvalue weighted by atomic mass is 9.63. The minimum Gasteiger partial charge on any atom is -0.376 e. The van der Waals surface area contributed by atoms with Crippen molar-refractivity contribution in [3.63, 3.8) is 0 Å². The number of anilines is 1. The molecule has 1 atom stereocenters. The van der Waals surface area contributed by atoms with Crippen molar-refractivity contribution >= 4 is 33.2 Å². The minimum atomic E-state index is -3.71. The lowest BCUT2D eigenvalue weighted by Crippen LogP contribution is -2.50. The van der Waals surface area contributed by atoms with E-state index in [9.17, 15) is 13.2 Å². The van der Waals surface area contributed by atoms with Crippen LogP contribution in [0.5, 0.6) is 0 Å². The third kappa shape index (κ3) is 4.33. The van der Waals surface area contributed by atoms with Gasteiger partial charge < -0.3 is 10.1 Å². The molecule has 2 aromatic rings. The normalized spacial score (nSPS) is 20.4. The summed E-state index contributed by atoms with van der Waals surface area (Å²) in [5.74, 6) is 0.0266. The highest BCUT2D eigenvalue weighted by Gasteiger charge is 2.45. The van der Waals surface area contributed by atoms with Crippen molar-refractivity contribution in [2.24, 2.45) is 0 Å². The molecule has 8 heteroatoms.